The minimum atomic E-state index is -2.66. The normalized spacial score (nSPS) is 10.6. The lowest BCUT2D eigenvalue weighted by Crippen LogP contribution is -1.97. The summed E-state index contributed by atoms with van der Waals surface area (Å²) in [6.45, 7) is 0. The van der Waals surface area contributed by atoms with Gasteiger partial charge in [-0.1, -0.05) is 11.6 Å². The van der Waals surface area contributed by atoms with Gasteiger partial charge in [0.2, 0.25) is 0 Å². The number of pyridine rings is 1. The fourth-order valence-corrected chi connectivity index (χ4v) is 1.62. The number of hydrogen-bond acceptors (Lipinski definition) is 2. The summed E-state index contributed by atoms with van der Waals surface area (Å²) in [5.41, 5.74) is -0.410. The highest BCUT2D eigenvalue weighted by Gasteiger charge is 2.16. The summed E-state index contributed by atoms with van der Waals surface area (Å²) in [6.07, 6.45) is -2.66. The number of halogens is 4. The lowest BCUT2D eigenvalue weighted by molar-refractivity contribution is 0.146. The van der Waals surface area contributed by atoms with Crippen molar-refractivity contribution in [1.82, 2.24) is 4.98 Å². The zero-order valence-corrected chi connectivity index (χ0v) is 9.44. The van der Waals surface area contributed by atoms with Crippen LogP contribution in [0.3, 0.4) is 0 Å². The zero-order chi connectivity index (χ0) is 10.0. The molecule has 6 heteroatoms. The number of ether oxygens (including phenoxy) is 1. The van der Waals surface area contributed by atoms with E-state index in [2.05, 4.69) is 4.98 Å². The maximum Gasteiger partial charge on any atom is 0.281 e. The van der Waals surface area contributed by atoms with E-state index >= 15 is 0 Å². The van der Waals surface area contributed by atoms with Crippen molar-refractivity contribution in [3.8, 4) is 5.75 Å². The summed E-state index contributed by atoms with van der Waals surface area (Å²) >= 11 is 7.36. The number of nitrogens with zero attached hydrogens (tertiary/aromatic N) is 1. The lowest BCUT2D eigenvalue weighted by atomic mass is 10.3. The predicted molar refractivity (Wildman–Crippen MR) is 53.5 cm³/mol. The molecule has 0 saturated heterocycles. The van der Waals surface area contributed by atoms with Gasteiger partial charge < -0.3 is 4.74 Å². The van der Waals surface area contributed by atoms with E-state index in [1.54, 1.807) is 0 Å². The Morgan fingerprint density at radius 3 is 2.69 bits per heavy atom. The first-order valence-electron chi connectivity index (χ1n) is 3.24. The fourth-order valence-electron chi connectivity index (χ4n) is 0.759. The van der Waals surface area contributed by atoms with Crippen LogP contribution in [0.15, 0.2) is 6.07 Å². The van der Waals surface area contributed by atoms with E-state index in [1.807, 2.05) is 22.6 Å². The molecule has 0 N–H and O–H groups in total. The monoisotopic (exact) mass is 319 g/mol. The molecule has 0 spiro atoms. The highest BCUT2D eigenvalue weighted by Crippen LogP contribution is 2.30. The molecule has 1 aromatic heterocycles. The van der Waals surface area contributed by atoms with E-state index in [-0.39, 0.29) is 5.02 Å². The Hall–Kier alpha value is -0.170. The molecule has 0 saturated carbocycles. The van der Waals surface area contributed by atoms with E-state index in [4.69, 9.17) is 16.3 Å². The maximum absolute atomic E-state index is 12.3. The van der Waals surface area contributed by atoms with Gasteiger partial charge in [0, 0.05) is 6.07 Å². The Labute approximate surface area is 92.4 Å². The van der Waals surface area contributed by atoms with Gasteiger partial charge in [-0.05, 0) is 22.6 Å². The summed E-state index contributed by atoms with van der Waals surface area (Å²) < 4.78 is 29.7. The SMILES string of the molecule is COc1cc(Cl)c(C(F)F)nc1I. The molecule has 0 aliphatic heterocycles. The Morgan fingerprint density at radius 2 is 2.23 bits per heavy atom. The summed E-state index contributed by atoms with van der Waals surface area (Å²) in [6, 6.07) is 1.33. The molecule has 1 heterocycles. The van der Waals surface area contributed by atoms with Gasteiger partial charge >= 0.3 is 0 Å². The Morgan fingerprint density at radius 1 is 1.62 bits per heavy atom. The molecule has 0 amide bonds. The molecule has 1 aromatic rings. The molecule has 0 atom stereocenters. The third-order valence-corrected chi connectivity index (χ3v) is 2.43. The molecule has 0 aliphatic carbocycles. The third-order valence-electron chi connectivity index (χ3n) is 1.35. The van der Waals surface area contributed by atoms with Crippen LogP contribution in [0.2, 0.25) is 5.02 Å². The highest BCUT2D eigenvalue weighted by atomic mass is 127. The van der Waals surface area contributed by atoms with Gasteiger partial charge in [-0.3, -0.25) is 0 Å². The van der Waals surface area contributed by atoms with Crippen LogP contribution in [0.1, 0.15) is 12.1 Å². The molecule has 0 radical (unpaired) electrons. The molecular formula is C7H5ClF2INO. The van der Waals surface area contributed by atoms with Crippen LogP contribution >= 0.6 is 34.2 Å². The fraction of sp³-hybridized carbons (Fsp3) is 0.286. The summed E-state index contributed by atoms with van der Waals surface area (Å²) in [7, 11) is 1.43. The number of methoxy groups -OCH3 is 1. The predicted octanol–water partition coefficient (Wildman–Crippen LogP) is 3.29. The largest absolute Gasteiger partial charge is 0.494 e. The Bertz CT molecular complexity index is 322. The first-order chi connectivity index (χ1) is 6.06. The molecule has 72 valence electrons. The number of aromatic nitrogens is 1. The Kier molecular flexibility index (Phi) is 3.66. The topological polar surface area (TPSA) is 22.1 Å². The first kappa shape index (κ1) is 10.9. The van der Waals surface area contributed by atoms with Crippen LogP contribution < -0.4 is 4.74 Å². The van der Waals surface area contributed by atoms with Crippen molar-refractivity contribution in [3.63, 3.8) is 0 Å². The molecule has 0 unspecified atom stereocenters. The van der Waals surface area contributed by atoms with E-state index < -0.39 is 12.1 Å². The van der Waals surface area contributed by atoms with Gasteiger partial charge in [-0.25, -0.2) is 13.8 Å². The number of alkyl halides is 2. The van der Waals surface area contributed by atoms with Crippen molar-refractivity contribution in [3.05, 3.63) is 20.5 Å². The van der Waals surface area contributed by atoms with Crippen LogP contribution in [0.25, 0.3) is 0 Å². The number of hydrogen-bond donors (Lipinski definition) is 0. The van der Waals surface area contributed by atoms with Crippen molar-refractivity contribution in [2.24, 2.45) is 0 Å². The minimum absolute atomic E-state index is 0.0766. The second-order valence-electron chi connectivity index (χ2n) is 2.15. The number of rotatable bonds is 2. The molecule has 13 heavy (non-hydrogen) atoms. The molecular weight excluding hydrogens is 314 g/mol. The van der Waals surface area contributed by atoms with Crippen LogP contribution in [0.4, 0.5) is 8.78 Å². The Balaban J connectivity index is 3.20. The standard InChI is InChI=1S/C7H5ClF2INO/c1-13-4-2-3(8)5(6(9)10)12-7(4)11/h2,6H,1H3. The van der Waals surface area contributed by atoms with Crippen LogP contribution in [0, 0.1) is 3.70 Å². The van der Waals surface area contributed by atoms with E-state index in [0.717, 1.165) is 0 Å². The van der Waals surface area contributed by atoms with E-state index in [1.165, 1.54) is 13.2 Å². The summed E-state index contributed by atoms with van der Waals surface area (Å²) in [4.78, 5) is 3.62. The molecule has 0 fully saturated rings. The summed E-state index contributed by atoms with van der Waals surface area (Å²) in [5, 5.41) is -0.0766. The third kappa shape index (κ3) is 2.40. The van der Waals surface area contributed by atoms with Crippen molar-refractivity contribution >= 4 is 34.2 Å². The van der Waals surface area contributed by atoms with Crippen molar-refractivity contribution in [2.75, 3.05) is 7.11 Å². The molecule has 0 bridgehead atoms. The first-order valence-corrected chi connectivity index (χ1v) is 4.70. The molecule has 2 nitrogen and oxygen atoms in total. The second-order valence-corrected chi connectivity index (χ2v) is 3.58. The van der Waals surface area contributed by atoms with Crippen molar-refractivity contribution in [1.29, 1.82) is 0 Å². The molecule has 0 aromatic carbocycles. The van der Waals surface area contributed by atoms with E-state index in [0.29, 0.717) is 9.45 Å². The smallest absolute Gasteiger partial charge is 0.281 e. The van der Waals surface area contributed by atoms with Crippen molar-refractivity contribution in [2.45, 2.75) is 6.43 Å². The van der Waals surface area contributed by atoms with Gasteiger partial charge in [-0.2, -0.15) is 0 Å². The van der Waals surface area contributed by atoms with Crippen molar-refractivity contribution < 1.29 is 13.5 Å². The summed E-state index contributed by atoms with van der Waals surface area (Å²) in [5.74, 6) is 0.398. The second kappa shape index (κ2) is 4.36. The van der Waals surface area contributed by atoms with Gasteiger partial charge in [0.05, 0.1) is 12.1 Å². The van der Waals surface area contributed by atoms with Crippen LogP contribution in [-0.2, 0) is 0 Å². The van der Waals surface area contributed by atoms with Gasteiger partial charge in [0.15, 0.2) is 5.75 Å². The van der Waals surface area contributed by atoms with E-state index in [9.17, 15) is 8.78 Å². The minimum Gasteiger partial charge on any atom is -0.494 e. The average molecular weight is 319 g/mol. The molecule has 1 rings (SSSR count). The quantitative estimate of drug-likeness (QED) is 0.616. The van der Waals surface area contributed by atoms with Crippen LogP contribution in [0.5, 0.6) is 5.75 Å². The average Bonchev–Trinajstić information content (AvgIpc) is 2.07. The lowest BCUT2D eigenvalue weighted by Gasteiger charge is -2.06. The van der Waals surface area contributed by atoms with Gasteiger partial charge in [0.1, 0.15) is 9.39 Å². The maximum atomic E-state index is 12.3. The zero-order valence-electron chi connectivity index (χ0n) is 6.52. The van der Waals surface area contributed by atoms with Gasteiger partial charge in [0.25, 0.3) is 6.43 Å². The van der Waals surface area contributed by atoms with Crippen LogP contribution in [-0.4, -0.2) is 12.1 Å². The van der Waals surface area contributed by atoms with Gasteiger partial charge in [-0.15, -0.1) is 0 Å². The molecule has 0 aliphatic rings. The highest BCUT2D eigenvalue weighted by molar-refractivity contribution is 14.1.